The lowest BCUT2D eigenvalue weighted by Crippen LogP contribution is -2.24. The Hall–Kier alpha value is -0.270. The quantitative estimate of drug-likeness (QED) is 0.393. The van der Waals surface area contributed by atoms with Gasteiger partial charge >= 0.3 is 5.51 Å². The second-order valence-electron chi connectivity index (χ2n) is 5.60. The van der Waals surface area contributed by atoms with Crippen LogP contribution in [-0.4, -0.2) is 41.8 Å². The molecule has 13 heteroatoms. The van der Waals surface area contributed by atoms with Crippen LogP contribution in [0.2, 0.25) is 5.02 Å². The molecule has 4 nitrogen and oxygen atoms in total. The van der Waals surface area contributed by atoms with Crippen LogP contribution in [0.1, 0.15) is 0 Å². The van der Waals surface area contributed by atoms with Gasteiger partial charge < -0.3 is 9.47 Å². The van der Waals surface area contributed by atoms with Crippen molar-refractivity contribution < 1.29 is 21.6 Å². The second kappa shape index (κ2) is 8.84. The standard InChI is InChI=1S/C15H12Br2ClF3N2O2S3/c1-22(2)14(26)27-7-23-11(8-3-5-9(18)6-4-8)12(10(16)13(23)17)28(24,25)15(19,20)21/h3-6H,7H2,1-2H3. The number of hydrogen-bond donors (Lipinski definition) is 0. The topological polar surface area (TPSA) is 42.3 Å². The zero-order valence-electron chi connectivity index (χ0n) is 14.2. The van der Waals surface area contributed by atoms with Crippen LogP contribution in [0.25, 0.3) is 11.3 Å². The van der Waals surface area contributed by atoms with Crippen molar-refractivity contribution in [2.75, 3.05) is 14.1 Å². The zero-order valence-corrected chi connectivity index (χ0v) is 20.6. The van der Waals surface area contributed by atoms with E-state index >= 15 is 0 Å². The van der Waals surface area contributed by atoms with Gasteiger partial charge in [0, 0.05) is 19.1 Å². The molecule has 0 unspecified atom stereocenters. The van der Waals surface area contributed by atoms with Crippen molar-refractivity contribution in [2.24, 2.45) is 0 Å². The SMILES string of the molecule is CN(C)C(=S)SCn1c(Br)c(Br)c(S(=O)(=O)C(F)(F)F)c1-c1ccc(Cl)cc1. The third kappa shape index (κ3) is 4.72. The van der Waals surface area contributed by atoms with Crippen molar-refractivity contribution in [1.29, 1.82) is 0 Å². The Balaban J connectivity index is 2.77. The molecular weight excluding hydrogens is 589 g/mol. The van der Waals surface area contributed by atoms with Gasteiger partial charge in [-0.3, -0.25) is 0 Å². The average Bonchev–Trinajstić information content (AvgIpc) is 2.84. The normalized spacial score (nSPS) is 12.3. The highest BCUT2D eigenvalue weighted by atomic mass is 79.9. The maximum Gasteiger partial charge on any atom is 0.502 e. The highest BCUT2D eigenvalue weighted by Gasteiger charge is 2.50. The van der Waals surface area contributed by atoms with Gasteiger partial charge in [-0.25, -0.2) is 8.42 Å². The molecule has 0 N–H and O–H groups in total. The Bertz CT molecular complexity index is 1010. The number of thiocarbonyl (C=S) groups is 1. The van der Waals surface area contributed by atoms with E-state index in [2.05, 4.69) is 31.9 Å². The summed E-state index contributed by atoms with van der Waals surface area (Å²) >= 11 is 18.4. The third-order valence-electron chi connectivity index (χ3n) is 3.48. The Labute approximate surface area is 191 Å². The largest absolute Gasteiger partial charge is 0.502 e. The van der Waals surface area contributed by atoms with Crippen molar-refractivity contribution in [2.45, 2.75) is 16.3 Å². The van der Waals surface area contributed by atoms with E-state index in [0.717, 1.165) is 0 Å². The lowest BCUT2D eigenvalue weighted by Gasteiger charge is -2.16. The van der Waals surface area contributed by atoms with Crippen LogP contribution >= 0.6 is 67.4 Å². The van der Waals surface area contributed by atoms with Crippen molar-refractivity contribution >= 4 is 81.6 Å². The zero-order chi connectivity index (χ0) is 21.4. The molecule has 2 aromatic rings. The second-order valence-corrected chi connectivity index (χ2v) is 11.0. The molecule has 2 rings (SSSR count). The summed E-state index contributed by atoms with van der Waals surface area (Å²) in [6.07, 6.45) is 0. The lowest BCUT2D eigenvalue weighted by atomic mass is 10.1. The fourth-order valence-corrected chi connectivity index (χ4v) is 6.09. The van der Waals surface area contributed by atoms with Crippen LogP contribution in [0.3, 0.4) is 0 Å². The van der Waals surface area contributed by atoms with E-state index in [-0.39, 0.29) is 26.2 Å². The minimum Gasteiger partial charge on any atom is -0.364 e. The van der Waals surface area contributed by atoms with Crippen LogP contribution in [-0.2, 0) is 15.7 Å². The number of aromatic nitrogens is 1. The molecule has 0 aliphatic heterocycles. The summed E-state index contributed by atoms with van der Waals surface area (Å²) < 4.78 is 66.4. The van der Waals surface area contributed by atoms with E-state index in [1.54, 1.807) is 19.0 Å². The van der Waals surface area contributed by atoms with Crippen molar-refractivity contribution in [3.05, 3.63) is 38.4 Å². The van der Waals surface area contributed by atoms with Gasteiger partial charge in [-0.1, -0.05) is 47.7 Å². The molecule has 0 atom stereocenters. The summed E-state index contributed by atoms with van der Waals surface area (Å²) in [6.45, 7) is 0. The highest BCUT2D eigenvalue weighted by molar-refractivity contribution is 9.13. The molecule has 0 spiro atoms. The monoisotopic (exact) mass is 598 g/mol. The first-order chi connectivity index (χ1) is 12.8. The Morgan fingerprint density at radius 2 is 1.79 bits per heavy atom. The molecule has 0 saturated carbocycles. The predicted octanol–water partition coefficient (Wildman–Crippen LogP) is 6.16. The van der Waals surface area contributed by atoms with E-state index < -0.39 is 20.2 Å². The van der Waals surface area contributed by atoms with Gasteiger partial charge in [0.25, 0.3) is 9.84 Å². The predicted molar refractivity (Wildman–Crippen MR) is 117 cm³/mol. The first-order valence-electron chi connectivity index (χ1n) is 7.28. The van der Waals surface area contributed by atoms with E-state index in [4.69, 9.17) is 23.8 Å². The van der Waals surface area contributed by atoms with Crippen molar-refractivity contribution in [1.82, 2.24) is 9.47 Å². The maximum atomic E-state index is 13.3. The Morgan fingerprint density at radius 3 is 2.25 bits per heavy atom. The van der Waals surface area contributed by atoms with E-state index in [1.165, 1.54) is 40.6 Å². The molecule has 0 bridgehead atoms. The molecule has 28 heavy (non-hydrogen) atoms. The summed E-state index contributed by atoms with van der Waals surface area (Å²) in [7, 11) is -2.17. The fraction of sp³-hybridized carbons (Fsp3) is 0.267. The fourth-order valence-electron chi connectivity index (χ4n) is 2.16. The van der Waals surface area contributed by atoms with Gasteiger partial charge in [0.1, 0.15) is 13.8 Å². The molecule has 1 aromatic heterocycles. The summed E-state index contributed by atoms with van der Waals surface area (Å²) in [5.74, 6) is 0.0849. The minimum atomic E-state index is -5.64. The van der Waals surface area contributed by atoms with Crippen molar-refractivity contribution in [3.8, 4) is 11.3 Å². The van der Waals surface area contributed by atoms with Gasteiger partial charge in [0.05, 0.1) is 16.0 Å². The third-order valence-corrected chi connectivity index (χ3v) is 9.38. The minimum absolute atomic E-state index is 0.0849. The number of thioether (sulfide) groups is 1. The van der Waals surface area contributed by atoms with Crippen LogP contribution in [0.15, 0.2) is 38.2 Å². The molecule has 0 amide bonds. The van der Waals surface area contributed by atoms with Crippen LogP contribution in [0.4, 0.5) is 13.2 Å². The van der Waals surface area contributed by atoms with Crippen LogP contribution in [0, 0.1) is 0 Å². The van der Waals surface area contributed by atoms with E-state index in [0.29, 0.717) is 9.34 Å². The maximum absolute atomic E-state index is 13.3. The van der Waals surface area contributed by atoms with Crippen LogP contribution < -0.4 is 0 Å². The Kier molecular flexibility index (Phi) is 7.58. The Morgan fingerprint density at radius 1 is 1.25 bits per heavy atom. The number of nitrogens with zero attached hydrogens (tertiary/aromatic N) is 2. The van der Waals surface area contributed by atoms with E-state index in [1.807, 2.05) is 0 Å². The van der Waals surface area contributed by atoms with Gasteiger partial charge in [-0.15, -0.1) is 0 Å². The number of hydrogen-bond acceptors (Lipinski definition) is 4. The molecule has 0 radical (unpaired) electrons. The smallest absolute Gasteiger partial charge is 0.364 e. The molecule has 0 aliphatic rings. The molecular formula is C15H12Br2ClF3N2O2S3. The molecule has 154 valence electrons. The van der Waals surface area contributed by atoms with Crippen molar-refractivity contribution in [3.63, 3.8) is 0 Å². The van der Waals surface area contributed by atoms with E-state index in [9.17, 15) is 21.6 Å². The van der Waals surface area contributed by atoms with Gasteiger partial charge in [0.15, 0.2) is 0 Å². The van der Waals surface area contributed by atoms with Crippen LogP contribution in [0.5, 0.6) is 0 Å². The van der Waals surface area contributed by atoms with Gasteiger partial charge in [-0.2, -0.15) is 13.2 Å². The molecule has 0 saturated heterocycles. The summed E-state index contributed by atoms with van der Waals surface area (Å²) in [5.41, 5.74) is -5.33. The molecule has 0 aliphatic carbocycles. The molecule has 1 aromatic carbocycles. The average molecular weight is 601 g/mol. The summed E-state index contributed by atoms with van der Waals surface area (Å²) in [4.78, 5) is 0.799. The lowest BCUT2D eigenvalue weighted by molar-refractivity contribution is -0.0436. The number of rotatable bonds is 4. The first-order valence-corrected chi connectivity index (χ1v) is 12.1. The first kappa shape index (κ1) is 24.0. The van der Waals surface area contributed by atoms with Gasteiger partial charge in [0.2, 0.25) is 0 Å². The molecule has 0 fully saturated rings. The number of benzene rings is 1. The van der Waals surface area contributed by atoms with Gasteiger partial charge in [-0.05, 0) is 49.6 Å². The number of sulfone groups is 1. The summed E-state index contributed by atoms with van der Waals surface area (Å²) in [6, 6.07) is 5.85. The number of halogens is 6. The summed E-state index contributed by atoms with van der Waals surface area (Å²) in [5, 5.41) is 0.364. The molecule has 1 heterocycles. The highest BCUT2D eigenvalue weighted by Crippen LogP contribution is 2.46. The number of alkyl halides is 3.